The van der Waals surface area contributed by atoms with Gasteiger partial charge in [0.05, 0.1) is 6.54 Å². The number of nitrogens with zero attached hydrogens (tertiary/aromatic N) is 4. The van der Waals surface area contributed by atoms with E-state index < -0.39 is 6.03 Å². The summed E-state index contributed by atoms with van der Waals surface area (Å²) in [6.45, 7) is 0.842. The molecule has 0 aliphatic carbocycles. The van der Waals surface area contributed by atoms with Crippen molar-refractivity contribution in [3.63, 3.8) is 0 Å². The van der Waals surface area contributed by atoms with Crippen molar-refractivity contribution < 1.29 is 19.1 Å². The molecule has 0 radical (unpaired) electrons. The molecular weight excluding hydrogens is 326 g/mol. The SMILES string of the molecule is CN(C)c1ncccc1O[C@H]1CCN(C(=O)CN2CC(=O)NC2=O)C1. The molecule has 0 bridgehead atoms. The van der Waals surface area contributed by atoms with Crippen molar-refractivity contribution in [3.8, 4) is 5.75 Å². The van der Waals surface area contributed by atoms with Crippen LogP contribution in [0, 0.1) is 0 Å². The molecule has 0 aromatic carbocycles. The first-order chi connectivity index (χ1) is 11.9. The number of anilines is 1. The molecule has 25 heavy (non-hydrogen) atoms. The minimum Gasteiger partial charge on any atom is -0.485 e. The van der Waals surface area contributed by atoms with Gasteiger partial charge in [0, 0.05) is 33.3 Å². The van der Waals surface area contributed by atoms with Gasteiger partial charge in [-0.1, -0.05) is 0 Å². The average Bonchev–Trinajstić information content (AvgIpc) is 3.14. The summed E-state index contributed by atoms with van der Waals surface area (Å²) in [5.74, 6) is 0.846. The highest BCUT2D eigenvalue weighted by molar-refractivity contribution is 6.03. The number of urea groups is 1. The van der Waals surface area contributed by atoms with Gasteiger partial charge in [0.25, 0.3) is 0 Å². The number of imide groups is 1. The summed E-state index contributed by atoms with van der Waals surface area (Å²) < 4.78 is 6.01. The smallest absolute Gasteiger partial charge is 0.325 e. The summed E-state index contributed by atoms with van der Waals surface area (Å²) in [5, 5.41) is 2.16. The number of likely N-dealkylation sites (tertiary alicyclic amines) is 1. The summed E-state index contributed by atoms with van der Waals surface area (Å²) in [4.78, 5) is 44.1. The van der Waals surface area contributed by atoms with E-state index in [1.54, 1.807) is 11.1 Å². The Morgan fingerprint density at radius 1 is 1.44 bits per heavy atom. The molecule has 1 aromatic rings. The van der Waals surface area contributed by atoms with Crippen LogP contribution in [-0.4, -0.2) is 79.0 Å². The second kappa shape index (κ2) is 6.96. The van der Waals surface area contributed by atoms with Gasteiger partial charge in [-0.25, -0.2) is 9.78 Å². The van der Waals surface area contributed by atoms with E-state index in [9.17, 15) is 14.4 Å². The molecule has 134 valence electrons. The monoisotopic (exact) mass is 347 g/mol. The summed E-state index contributed by atoms with van der Waals surface area (Å²) in [7, 11) is 3.78. The Hall–Kier alpha value is -2.84. The molecule has 2 aliphatic heterocycles. The third-order valence-electron chi connectivity index (χ3n) is 4.16. The van der Waals surface area contributed by atoms with E-state index in [0.29, 0.717) is 25.3 Å². The maximum atomic E-state index is 12.3. The Bertz CT molecular complexity index is 693. The molecule has 3 rings (SSSR count). The summed E-state index contributed by atoms with van der Waals surface area (Å²) in [6.07, 6.45) is 2.29. The quantitative estimate of drug-likeness (QED) is 0.734. The van der Waals surface area contributed by atoms with Crippen LogP contribution in [0.25, 0.3) is 0 Å². The van der Waals surface area contributed by atoms with Gasteiger partial charge in [0.1, 0.15) is 19.2 Å². The number of nitrogens with one attached hydrogen (secondary N) is 1. The first kappa shape index (κ1) is 17.0. The lowest BCUT2D eigenvalue weighted by atomic mass is 10.3. The topological polar surface area (TPSA) is 95.1 Å². The molecule has 2 saturated heterocycles. The van der Waals surface area contributed by atoms with Gasteiger partial charge in [-0.15, -0.1) is 0 Å². The van der Waals surface area contributed by atoms with E-state index in [1.807, 2.05) is 31.1 Å². The zero-order chi connectivity index (χ0) is 18.0. The largest absolute Gasteiger partial charge is 0.485 e. The minimum atomic E-state index is -0.517. The Kier molecular flexibility index (Phi) is 4.73. The molecule has 4 amide bonds. The summed E-state index contributed by atoms with van der Waals surface area (Å²) in [6, 6.07) is 3.15. The maximum absolute atomic E-state index is 12.3. The second-order valence-corrected chi connectivity index (χ2v) is 6.30. The van der Waals surface area contributed by atoms with Crippen LogP contribution >= 0.6 is 0 Å². The maximum Gasteiger partial charge on any atom is 0.325 e. The number of ether oxygens (including phenoxy) is 1. The van der Waals surface area contributed by atoms with E-state index >= 15 is 0 Å². The van der Waals surface area contributed by atoms with Crippen LogP contribution in [0.5, 0.6) is 5.75 Å². The molecule has 2 aliphatic rings. The van der Waals surface area contributed by atoms with Crippen molar-refractivity contribution in [2.24, 2.45) is 0 Å². The zero-order valence-corrected chi connectivity index (χ0v) is 14.3. The Balaban J connectivity index is 1.56. The Labute approximate surface area is 145 Å². The van der Waals surface area contributed by atoms with Crippen LogP contribution in [-0.2, 0) is 9.59 Å². The molecule has 9 nitrogen and oxygen atoms in total. The number of hydrogen-bond donors (Lipinski definition) is 1. The van der Waals surface area contributed by atoms with Crippen molar-refractivity contribution in [1.82, 2.24) is 20.1 Å². The third-order valence-corrected chi connectivity index (χ3v) is 4.16. The van der Waals surface area contributed by atoms with E-state index in [2.05, 4.69) is 10.3 Å². The first-order valence-corrected chi connectivity index (χ1v) is 8.09. The molecule has 1 N–H and O–H groups in total. The normalized spacial score (nSPS) is 20.0. The molecule has 3 heterocycles. The van der Waals surface area contributed by atoms with Crippen molar-refractivity contribution in [2.45, 2.75) is 12.5 Å². The van der Waals surface area contributed by atoms with E-state index in [4.69, 9.17) is 4.74 Å². The van der Waals surface area contributed by atoms with Crippen LogP contribution in [0.3, 0.4) is 0 Å². The fraction of sp³-hybridized carbons (Fsp3) is 0.500. The molecule has 2 fully saturated rings. The minimum absolute atomic E-state index is 0.0692. The highest BCUT2D eigenvalue weighted by atomic mass is 16.5. The second-order valence-electron chi connectivity index (χ2n) is 6.30. The molecule has 9 heteroatoms. The number of pyridine rings is 1. The standard InChI is InChI=1S/C16H21N5O4/c1-19(2)15-12(4-3-6-17-15)25-11-5-7-20(8-11)14(23)10-21-9-13(22)18-16(21)24/h3-4,6,11H,5,7-10H2,1-2H3,(H,18,22,24)/t11-/m0/s1. The molecule has 1 aromatic heterocycles. The van der Waals surface area contributed by atoms with Gasteiger partial charge in [-0.05, 0) is 12.1 Å². The lowest BCUT2D eigenvalue weighted by Gasteiger charge is -2.21. The molecule has 0 unspecified atom stereocenters. The molecule has 0 spiro atoms. The van der Waals surface area contributed by atoms with Gasteiger partial charge in [0.2, 0.25) is 11.8 Å². The van der Waals surface area contributed by atoms with Crippen LogP contribution in [0.15, 0.2) is 18.3 Å². The number of aromatic nitrogens is 1. The third kappa shape index (κ3) is 3.81. The number of amides is 4. The average molecular weight is 347 g/mol. The van der Waals surface area contributed by atoms with Crippen LogP contribution in [0.2, 0.25) is 0 Å². The molecule has 0 saturated carbocycles. The fourth-order valence-electron chi connectivity index (χ4n) is 2.91. The van der Waals surface area contributed by atoms with E-state index in [1.165, 1.54) is 4.90 Å². The lowest BCUT2D eigenvalue weighted by Crippen LogP contribution is -2.41. The van der Waals surface area contributed by atoms with E-state index in [-0.39, 0.29) is 31.0 Å². The predicted molar refractivity (Wildman–Crippen MR) is 89.3 cm³/mol. The highest BCUT2D eigenvalue weighted by Crippen LogP contribution is 2.26. The van der Waals surface area contributed by atoms with Crippen molar-refractivity contribution >= 4 is 23.7 Å². The van der Waals surface area contributed by atoms with E-state index in [0.717, 1.165) is 5.82 Å². The van der Waals surface area contributed by atoms with Crippen LogP contribution in [0.1, 0.15) is 6.42 Å². The Morgan fingerprint density at radius 3 is 2.92 bits per heavy atom. The number of carbonyl (C=O) groups is 3. The van der Waals surface area contributed by atoms with Gasteiger partial charge in [-0.3, -0.25) is 14.9 Å². The number of hydrogen-bond acceptors (Lipinski definition) is 6. The summed E-state index contributed by atoms with van der Waals surface area (Å²) >= 11 is 0. The summed E-state index contributed by atoms with van der Waals surface area (Å²) in [5.41, 5.74) is 0. The van der Waals surface area contributed by atoms with Gasteiger partial charge < -0.3 is 19.4 Å². The van der Waals surface area contributed by atoms with Crippen molar-refractivity contribution in [2.75, 3.05) is 45.2 Å². The molecule has 1 atom stereocenters. The first-order valence-electron chi connectivity index (χ1n) is 8.09. The molecular formula is C16H21N5O4. The highest BCUT2D eigenvalue weighted by Gasteiger charge is 2.33. The fourth-order valence-corrected chi connectivity index (χ4v) is 2.91. The van der Waals surface area contributed by atoms with Gasteiger partial charge >= 0.3 is 6.03 Å². The predicted octanol–water partition coefficient (Wildman–Crippen LogP) is -0.321. The number of carbonyl (C=O) groups excluding carboxylic acids is 3. The van der Waals surface area contributed by atoms with Crippen molar-refractivity contribution in [3.05, 3.63) is 18.3 Å². The lowest BCUT2D eigenvalue weighted by molar-refractivity contribution is -0.131. The zero-order valence-electron chi connectivity index (χ0n) is 14.3. The number of rotatable bonds is 5. The van der Waals surface area contributed by atoms with Crippen LogP contribution < -0.4 is 15.0 Å². The van der Waals surface area contributed by atoms with Crippen LogP contribution in [0.4, 0.5) is 10.6 Å². The van der Waals surface area contributed by atoms with Gasteiger partial charge in [0.15, 0.2) is 11.6 Å². The van der Waals surface area contributed by atoms with Gasteiger partial charge in [-0.2, -0.15) is 0 Å². The van der Waals surface area contributed by atoms with Crippen molar-refractivity contribution in [1.29, 1.82) is 0 Å². The Morgan fingerprint density at radius 2 is 2.24 bits per heavy atom.